The quantitative estimate of drug-likeness (QED) is 0.645. The van der Waals surface area contributed by atoms with E-state index in [0.717, 1.165) is 48.6 Å². The highest BCUT2D eigenvalue weighted by Crippen LogP contribution is 2.31. The molecule has 1 aliphatic rings. The van der Waals surface area contributed by atoms with Gasteiger partial charge in [-0.05, 0) is 45.1 Å². The number of fused-ring (bicyclic) bond motifs is 1. The Hall–Kier alpha value is -2.68. The first-order valence-corrected chi connectivity index (χ1v) is 10.8. The van der Waals surface area contributed by atoms with E-state index in [1.807, 2.05) is 26.2 Å². The number of anilines is 2. The summed E-state index contributed by atoms with van der Waals surface area (Å²) in [6.07, 6.45) is 4.13. The van der Waals surface area contributed by atoms with E-state index in [2.05, 4.69) is 25.3 Å². The van der Waals surface area contributed by atoms with Crippen molar-refractivity contribution in [2.75, 3.05) is 29.6 Å². The van der Waals surface area contributed by atoms with Crippen LogP contribution in [0.15, 0.2) is 23.4 Å². The molecule has 1 fully saturated rings. The molecule has 1 aromatic carbocycles. The number of amides is 1. The van der Waals surface area contributed by atoms with Gasteiger partial charge in [0.25, 0.3) is 5.78 Å². The SMILES string of the molecule is CSc1nc2nc(C)c(CC(=O)Nc3c(F)cccc3N3CCCC3)c(C)n2n1. The van der Waals surface area contributed by atoms with Crippen molar-refractivity contribution in [2.24, 2.45) is 0 Å². The van der Waals surface area contributed by atoms with Crippen molar-refractivity contribution in [1.82, 2.24) is 19.6 Å². The Kier molecular flexibility index (Phi) is 5.40. The Morgan fingerprint density at radius 2 is 2.00 bits per heavy atom. The van der Waals surface area contributed by atoms with Gasteiger partial charge in [-0.15, -0.1) is 5.10 Å². The van der Waals surface area contributed by atoms with Crippen molar-refractivity contribution in [3.63, 3.8) is 0 Å². The van der Waals surface area contributed by atoms with E-state index < -0.39 is 5.82 Å². The number of carbonyl (C=O) groups excluding carboxylic acids is 1. The number of para-hydroxylation sites is 1. The van der Waals surface area contributed by atoms with Crippen LogP contribution in [0.5, 0.6) is 0 Å². The normalized spacial score (nSPS) is 14.0. The van der Waals surface area contributed by atoms with Crippen molar-refractivity contribution in [2.45, 2.75) is 38.3 Å². The molecule has 1 N–H and O–H groups in total. The third-order valence-electron chi connectivity index (χ3n) is 5.25. The van der Waals surface area contributed by atoms with Crippen LogP contribution in [0.25, 0.3) is 5.78 Å². The van der Waals surface area contributed by atoms with Gasteiger partial charge in [-0.25, -0.2) is 13.9 Å². The van der Waals surface area contributed by atoms with Gasteiger partial charge in [0.1, 0.15) is 11.5 Å². The lowest BCUT2D eigenvalue weighted by Crippen LogP contribution is -2.23. The minimum atomic E-state index is -0.425. The molecule has 0 atom stereocenters. The third kappa shape index (κ3) is 3.78. The molecule has 1 aliphatic heterocycles. The zero-order chi connectivity index (χ0) is 20.5. The molecule has 9 heteroatoms. The number of nitrogens with one attached hydrogen (secondary N) is 1. The van der Waals surface area contributed by atoms with Gasteiger partial charge in [-0.2, -0.15) is 4.98 Å². The number of carbonyl (C=O) groups is 1. The minimum absolute atomic E-state index is 0.0862. The minimum Gasteiger partial charge on any atom is -0.370 e. The molecule has 0 spiro atoms. The number of halogens is 1. The van der Waals surface area contributed by atoms with Crippen LogP contribution in [-0.2, 0) is 11.2 Å². The van der Waals surface area contributed by atoms with Crippen LogP contribution in [-0.4, -0.2) is 44.8 Å². The first-order chi connectivity index (χ1) is 14.0. The lowest BCUT2D eigenvalue weighted by molar-refractivity contribution is -0.115. The van der Waals surface area contributed by atoms with Crippen molar-refractivity contribution in [3.8, 4) is 0 Å². The number of nitrogens with zero attached hydrogens (tertiary/aromatic N) is 5. The van der Waals surface area contributed by atoms with Crippen LogP contribution in [0.4, 0.5) is 15.8 Å². The molecule has 0 unspecified atom stereocenters. The van der Waals surface area contributed by atoms with E-state index in [1.165, 1.54) is 17.8 Å². The van der Waals surface area contributed by atoms with E-state index in [0.29, 0.717) is 10.9 Å². The molecular formula is C20H23FN6OS. The van der Waals surface area contributed by atoms with Gasteiger partial charge in [-0.3, -0.25) is 4.79 Å². The van der Waals surface area contributed by atoms with E-state index in [1.54, 1.807) is 10.6 Å². The van der Waals surface area contributed by atoms with Crippen molar-refractivity contribution in [3.05, 3.63) is 41.0 Å². The van der Waals surface area contributed by atoms with Gasteiger partial charge in [0, 0.05) is 30.0 Å². The fourth-order valence-electron chi connectivity index (χ4n) is 3.73. The van der Waals surface area contributed by atoms with Crippen LogP contribution in [0.3, 0.4) is 0 Å². The molecule has 3 heterocycles. The van der Waals surface area contributed by atoms with Gasteiger partial charge >= 0.3 is 0 Å². The average Bonchev–Trinajstić information content (AvgIpc) is 3.36. The summed E-state index contributed by atoms with van der Waals surface area (Å²) in [6.45, 7) is 5.48. The summed E-state index contributed by atoms with van der Waals surface area (Å²) in [4.78, 5) is 23.8. The molecule has 7 nitrogen and oxygen atoms in total. The van der Waals surface area contributed by atoms with Gasteiger partial charge < -0.3 is 10.2 Å². The Balaban J connectivity index is 1.61. The third-order valence-corrected chi connectivity index (χ3v) is 5.79. The summed E-state index contributed by atoms with van der Waals surface area (Å²) in [6, 6.07) is 4.91. The molecule has 4 rings (SSSR count). The maximum atomic E-state index is 14.5. The lowest BCUT2D eigenvalue weighted by Gasteiger charge is -2.22. The monoisotopic (exact) mass is 414 g/mol. The largest absolute Gasteiger partial charge is 0.370 e. The molecule has 1 amide bonds. The molecule has 0 radical (unpaired) electrons. The van der Waals surface area contributed by atoms with Crippen LogP contribution in [0.1, 0.15) is 29.8 Å². The van der Waals surface area contributed by atoms with E-state index in [9.17, 15) is 9.18 Å². The number of aromatic nitrogens is 4. The predicted octanol–water partition coefficient (Wildman–Crippen LogP) is 3.38. The van der Waals surface area contributed by atoms with Crippen molar-refractivity contribution >= 4 is 34.8 Å². The maximum Gasteiger partial charge on any atom is 0.253 e. The number of benzene rings is 1. The van der Waals surface area contributed by atoms with Gasteiger partial charge in [0.2, 0.25) is 11.1 Å². The summed E-state index contributed by atoms with van der Waals surface area (Å²) in [7, 11) is 0. The predicted molar refractivity (Wildman–Crippen MR) is 112 cm³/mol. The van der Waals surface area contributed by atoms with Crippen LogP contribution in [0.2, 0.25) is 0 Å². The topological polar surface area (TPSA) is 75.4 Å². The van der Waals surface area contributed by atoms with E-state index in [-0.39, 0.29) is 18.0 Å². The number of hydrogen-bond donors (Lipinski definition) is 1. The zero-order valence-electron chi connectivity index (χ0n) is 16.7. The van der Waals surface area contributed by atoms with E-state index >= 15 is 0 Å². The van der Waals surface area contributed by atoms with Crippen molar-refractivity contribution < 1.29 is 9.18 Å². The number of hydrogen-bond acceptors (Lipinski definition) is 6. The van der Waals surface area contributed by atoms with E-state index in [4.69, 9.17) is 0 Å². The Morgan fingerprint density at radius 3 is 2.72 bits per heavy atom. The lowest BCUT2D eigenvalue weighted by atomic mass is 10.1. The standard InChI is InChI=1S/C20H23FN6OS/c1-12-14(13(2)27-19(22-12)24-20(25-27)29-3)11-17(28)23-18-15(21)7-6-8-16(18)26-9-4-5-10-26/h6-8H,4-5,9-11H2,1-3H3,(H,23,28). The molecule has 1 saturated heterocycles. The summed E-state index contributed by atoms with van der Waals surface area (Å²) in [5.74, 6) is -0.197. The molecule has 2 aromatic heterocycles. The fraction of sp³-hybridized carbons (Fsp3) is 0.400. The summed E-state index contributed by atoms with van der Waals surface area (Å²) < 4.78 is 16.2. The number of thioether (sulfide) groups is 1. The van der Waals surface area contributed by atoms with Crippen LogP contribution < -0.4 is 10.2 Å². The molecule has 0 bridgehead atoms. The highest BCUT2D eigenvalue weighted by Gasteiger charge is 2.21. The second-order valence-electron chi connectivity index (χ2n) is 7.12. The van der Waals surface area contributed by atoms with Crippen molar-refractivity contribution in [1.29, 1.82) is 0 Å². The second-order valence-corrected chi connectivity index (χ2v) is 7.90. The summed E-state index contributed by atoms with van der Waals surface area (Å²) >= 11 is 1.44. The molecule has 0 aliphatic carbocycles. The van der Waals surface area contributed by atoms with Gasteiger partial charge in [-0.1, -0.05) is 17.8 Å². The Bertz CT molecular complexity index is 1080. The fourth-order valence-corrected chi connectivity index (χ4v) is 4.07. The summed E-state index contributed by atoms with van der Waals surface area (Å²) in [5, 5.41) is 7.83. The smallest absolute Gasteiger partial charge is 0.253 e. The van der Waals surface area contributed by atoms with Gasteiger partial charge in [0.15, 0.2) is 0 Å². The number of rotatable bonds is 5. The number of aryl methyl sites for hydroxylation is 2. The molecule has 0 saturated carbocycles. The average molecular weight is 415 g/mol. The first kappa shape index (κ1) is 19.6. The van der Waals surface area contributed by atoms with Crippen LogP contribution in [0, 0.1) is 19.7 Å². The first-order valence-electron chi connectivity index (χ1n) is 9.58. The molecular weight excluding hydrogens is 391 g/mol. The summed E-state index contributed by atoms with van der Waals surface area (Å²) in [5.41, 5.74) is 3.28. The highest BCUT2D eigenvalue weighted by molar-refractivity contribution is 7.98. The Morgan fingerprint density at radius 1 is 1.24 bits per heavy atom. The Labute approximate surface area is 172 Å². The van der Waals surface area contributed by atoms with Gasteiger partial charge in [0.05, 0.1) is 12.1 Å². The second kappa shape index (κ2) is 7.98. The maximum absolute atomic E-state index is 14.5. The zero-order valence-corrected chi connectivity index (χ0v) is 17.5. The molecule has 152 valence electrons. The molecule has 3 aromatic rings. The molecule has 29 heavy (non-hydrogen) atoms. The highest BCUT2D eigenvalue weighted by atomic mass is 32.2. The van der Waals surface area contributed by atoms with Crippen LogP contribution >= 0.6 is 11.8 Å².